The van der Waals surface area contributed by atoms with Crippen molar-refractivity contribution in [1.29, 1.82) is 0 Å². The first-order valence-electron chi connectivity index (χ1n) is 5.71. The maximum atomic E-state index is 5.94. The molecule has 2 rings (SSSR count). The standard InChI is InChI=1S/C14H15Cl2NS/c1-10-7-12(4-3-11(10)8-15)17(2)9-13-5-6-14(16)18-13/h3-7H,8-9H2,1-2H3. The lowest BCUT2D eigenvalue weighted by Crippen LogP contribution is -2.15. The fourth-order valence-electron chi connectivity index (χ4n) is 1.83. The first-order chi connectivity index (χ1) is 8.60. The molecule has 0 spiro atoms. The summed E-state index contributed by atoms with van der Waals surface area (Å²) in [5.41, 5.74) is 3.62. The lowest BCUT2D eigenvalue weighted by Gasteiger charge is -2.19. The highest BCUT2D eigenvalue weighted by Gasteiger charge is 2.06. The average Bonchev–Trinajstić information content (AvgIpc) is 2.74. The summed E-state index contributed by atoms with van der Waals surface area (Å²) >= 11 is 13.4. The van der Waals surface area contributed by atoms with Gasteiger partial charge < -0.3 is 4.90 Å². The number of aryl methyl sites for hydroxylation is 1. The van der Waals surface area contributed by atoms with Gasteiger partial charge in [-0.15, -0.1) is 22.9 Å². The third-order valence-corrected chi connectivity index (χ3v) is 4.44. The second-order valence-corrected chi connectivity index (χ2v) is 6.37. The molecule has 1 aromatic carbocycles. The molecule has 2 aromatic rings. The van der Waals surface area contributed by atoms with Crippen molar-refractivity contribution in [3.63, 3.8) is 0 Å². The summed E-state index contributed by atoms with van der Waals surface area (Å²) in [5.74, 6) is 0.566. The zero-order valence-electron chi connectivity index (χ0n) is 10.4. The molecule has 0 aliphatic rings. The molecule has 1 heterocycles. The van der Waals surface area contributed by atoms with E-state index >= 15 is 0 Å². The van der Waals surface area contributed by atoms with Gasteiger partial charge in [-0.1, -0.05) is 17.7 Å². The summed E-state index contributed by atoms with van der Waals surface area (Å²) in [4.78, 5) is 3.48. The number of anilines is 1. The Hall–Kier alpha value is -0.700. The topological polar surface area (TPSA) is 3.24 Å². The first-order valence-corrected chi connectivity index (χ1v) is 7.44. The summed E-state index contributed by atoms with van der Waals surface area (Å²) in [7, 11) is 2.09. The Kier molecular flexibility index (Phi) is 4.55. The normalized spacial score (nSPS) is 10.7. The molecule has 0 atom stereocenters. The van der Waals surface area contributed by atoms with E-state index in [1.807, 2.05) is 6.07 Å². The number of benzene rings is 1. The van der Waals surface area contributed by atoms with Crippen LogP contribution in [0, 0.1) is 6.92 Å². The molecule has 0 amide bonds. The third kappa shape index (κ3) is 3.19. The van der Waals surface area contributed by atoms with Crippen molar-refractivity contribution in [3.05, 3.63) is 50.7 Å². The predicted octanol–water partition coefficient (Wildman–Crippen LogP) is 5.09. The highest BCUT2D eigenvalue weighted by molar-refractivity contribution is 7.16. The van der Waals surface area contributed by atoms with E-state index < -0.39 is 0 Å². The predicted molar refractivity (Wildman–Crippen MR) is 82.2 cm³/mol. The maximum absolute atomic E-state index is 5.94. The number of rotatable bonds is 4. The molecule has 0 bridgehead atoms. The Morgan fingerprint density at radius 2 is 2.00 bits per heavy atom. The first kappa shape index (κ1) is 13.7. The Labute approximate surface area is 122 Å². The second-order valence-electron chi connectivity index (χ2n) is 4.31. The number of thiophene rings is 1. The van der Waals surface area contributed by atoms with Crippen molar-refractivity contribution >= 4 is 40.2 Å². The molecule has 0 saturated carbocycles. The van der Waals surface area contributed by atoms with Crippen molar-refractivity contribution in [1.82, 2.24) is 0 Å². The average molecular weight is 300 g/mol. The van der Waals surface area contributed by atoms with Crippen LogP contribution in [0.2, 0.25) is 4.34 Å². The van der Waals surface area contributed by atoms with Crippen LogP contribution < -0.4 is 4.90 Å². The van der Waals surface area contributed by atoms with Crippen LogP contribution in [0.3, 0.4) is 0 Å². The van der Waals surface area contributed by atoms with Gasteiger partial charge in [-0.3, -0.25) is 0 Å². The molecule has 4 heteroatoms. The van der Waals surface area contributed by atoms with Gasteiger partial charge in [0.25, 0.3) is 0 Å². The minimum atomic E-state index is 0.566. The van der Waals surface area contributed by atoms with Crippen molar-refractivity contribution in [3.8, 4) is 0 Å². The smallest absolute Gasteiger partial charge is 0.0931 e. The zero-order valence-corrected chi connectivity index (χ0v) is 12.7. The lowest BCUT2D eigenvalue weighted by molar-refractivity contribution is 0.938. The van der Waals surface area contributed by atoms with Gasteiger partial charge >= 0.3 is 0 Å². The maximum Gasteiger partial charge on any atom is 0.0931 e. The molecular formula is C14H15Cl2NS. The fourth-order valence-corrected chi connectivity index (χ4v) is 3.27. The number of alkyl halides is 1. The second kappa shape index (κ2) is 5.96. The quantitative estimate of drug-likeness (QED) is 0.711. The number of hydrogen-bond acceptors (Lipinski definition) is 2. The lowest BCUT2D eigenvalue weighted by atomic mass is 10.1. The van der Waals surface area contributed by atoms with Crippen LogP contribution in [-0.2, 0) is 12.4 Å². The third-order valence-electron chi connectivity index (χ3n) is 2.93. The monoisotopic (exact) mass is 299 g/mol. The molecule has 0 fully saturated rings. The van der Waals surface area contributed by atoms with Gasteiger partial charge in [0.15, 0.2) is 0 Å². The number of hydrogen-bond donors (Lipinski definition) is 0. The molecule has 0 radical (unpaired) electrons. The molecule has 1 aromatic heterocycles. The Bertz CT molecular complexity index is 536. The van der Waals surface area contributed by atoms with E-state index in [0.717, 1.165) is 10.9 Å². The molecule has 0 aliphatic heterocycles. The van der Waals surface area contributed by atoms with Crippen LogP contribution >= 0.6 is 34.5 Å². The van der Waals surface area contributed by atoms with E-state index in [0.29, 0.717) is 5.88 Å². The highest BCUT2D eigenvalue weighted by atomic mass is 35.5. The molecule has 0 N–H and O–H groups in total. The molecule has 0 aliphatic carbocycles. The summed E-state index contributed by atoms with van der Waals surface area (Å²) in [6.45, 7) is 2.97. The van der Waals surface area contributed by atoms with Crippen molar-refractivity contribution in [2.24, 2.45) is 0 Å². The van der Waals surface area contributed by atoms with Crippen LogP contribution in [0.4, 0.5) is 5.69 Å². The van der Waals surface area contributed by atoms with E-state index in [-0.39, 0.29) is 0 Å². The van der Waals surface area contributed by atoms with Gasteiger partial charge in [0, 0.05) is 23.5 Å². The number of nitrogens with zero attached hydrogens (tertiary/aromatic N) is 1. The Morgan fingerprint density at radius 1 is 1.22 bits per heavy atom. The molecule has 0 saturated heterocycles. The largest absolute Gasteiger partial charge is 0.369 e. The van der Waals surface area contributed by atoms with Crippen LogP contribution in [0.25, 0.3) is 0 Å². The van der Waals surface area contributed by atoms with Crippen LogP contribution in [0.15, 0.2) is 30.3 Å². The fraction of sp³-hybridized carbons (Fsp3) is 0.286. The number of halogens is 2. The SMILES string of the molecule is Cc1cc(N(C)Cc2ccc(Cl)s2)ccc1CCl. The van der Waals surface area contributed by atoms with Gasteiger partial charge in [-0.25, -0.2) is 0 Å². The van der Waals surface area contributed by atoms with E-state index in [1.54, 1.807) is 11.3 Å². The van der Waals surface area contributed by atoms with Gasteiger partial charge in [0.1, 0.15) is 0 Å². The van der Waals surface area contributed by atoms with Crippen LogP contribution in [0.1, 0.15) is 16.0 Å². The van der Waals surface area contributed by atoms with E-state index in [9.17, 15) is 0 Å². The zero-order chi connectivity index (χ0) is 13.1. The molecule has 18 heavy (non-hydrogen) atoms. The summed E-state index contributed by atoms with van der Waals surface area (Å²) < 4.78 is 0.840. The summed E-state index contributed by atoms with van der Waals surface area (Å²) in [6, 6.07) is 10.4. The highest BCUT2D eigenvalue weighted by Crippen LogP contribution is 2.25. The summed E-state index contributed by atoms with van der Waals surface area (Å²) in [6.07, 6.45) is 0. The molecular weight excluding hydrogens is 285 g/mol. The van der Waals surface area contributed by atoms with Crippen LogP contribution in [-0.4, -0.2) is 7.05 Å². The minimum absolute atomic E-state index is 0.566. The summed E-state index contributed by atoms with van der Waals surface area (Å²) in [5, 5.41) is 0. The van der Waals surface area contributed by atoms with Gasteiger partial charge in [0.2, 0.25) is 0 Å². The molecule has 96 valence electrons. The van der Waals surface area contributed by atoms with Crippen LogP contribution in [0.5, 0.6) is 0 Å². The minimum Gasteiger partial charge on any atom is -0.369 e. The van der Waals surface area contributed by atoms with Gasteiger partial charge in [-0.05, 0) is 42.3 Å². The van der Waals surface area contributed by atoms with Crippen molar-refractivity contribution in [2.75, 3.05) is 11.9 Å². The van der Waals surface area contributed by atoms with E-state index in [1.165, 1.54) is 21.7 Å². The Morgan fingerprint density at radius 3 is 2.56 bits per heavy atom. The van der Waals surface area contributed by atoms with Crippen molar-refractivity contribution < 1.29 is 0 Å². The van der Waals surface area contributed by atoms with Crippen molar-refractivity contribution in [2.45, 2.75) is 19.3 Å². The molecule has 1 nitrogen and oxygen atoms in total. The van der Waals surface area contributed by atoms with Gasteiger partial charge in [-0.2, -0.15) is 0 Å². The van der Waals surface area contributed by atoms with E-state index in [2.05, 4.69) is 43.1 Å². The molecule has 0 unspecified atom stereocenters. The Balaban J connectivity index is 2.13. The van der Waals surface area contributed by atoms with E-state index in [4.69, 9.17) is 23.2 Å². The van der Waals surface area contributed by atoms with Gasteiger partial charge in [0.05, 0.1) is 10.9 Å².